The molecule has 1 heterocycles. The summed E-state index contributed by atoms with van der Waals surface area (Å²) in [5.41, 5.74) is 0.857. The molecule has 4 heteroatoms. The highest BCUT2D eigenvalue weighted by atomic mass is 79.9. The second-order valence-corrected chi connectivity index (χ2v) is 3.38. The summed E-state index contributed by atoms with van der Waals surface area (Å²) in [6.45, 7) is 0. The molecule has 0 bridgehead atoms. The number of halogens is 1. The topological polar surface area (TPSA) is 38.3 Å². The number of anilines is 1. The molecule has 1 atom stereocenters. The van der Waals surface area contributed by atoms with E-state index in [0.29, 0.717) is 5.75 Å². The van der Waals surface area contributed by atoms with Crippen LogP contribution in [0.25, 0.3) is 0 Å². The van der Waals surface area contributed by atoms with E-state index in [1.165, 1.54) is 0 Å². The van der Waals surface area contributed by atoms with Gasteiger partial charge in [0.2, 0.25) is 6.23 Å². The van der Waals surface area contributed by atoms with Gasteiger partial charge in [0.05, 0.1) is 5.69 Å². The van der Waals surface area contributed by atoms with E-state index in [1.807, 2.05) is 18.2 Å². The molecule has 1 unspecified atom stereocenters. The van der Waals surface area contributed by atoms with Crippen LogP contribution in [-0.2, 0) is 4.79 Å². The van der Waals surface area contributed by atoms with Gasteiger partial charge in [0.25, 0.3) is 0 Å². The number of hydrogen-bond acceptors (Lipinski definition) is 3. The zero-order valence-electron chi connectivity index (χ0n) is 6.08. The van der Waals surface area contributed by atoms with Crippen LogP contribution in [0.5, 0.6) is 5.75 Å². The van der Waals surface area contributed by atoms with Crippen LogP contribution in [0.4, 0.5) is 5.69 Å². The Balaban J connectivity index is 2.35. The molecule has 1 aliphatic heterocycles. The van der Waals surface area contributed by atoms with Gasteiger partial charge in [-0.3, -0.25) is 4.79 Å². The molecule has 0 radical (unpaired) electrons. The lowest BCUT2D eigenvalue weighted by Crippen LogP contribution is -2.20. The van der Waals surface area contributed by atoms with E-state index in [2.05, 4.69) is 21.2 Å². The first-order chi connectivity index (χ1) is 5.79. The van der Waals surface area contributed by atoms with Crippen molar-refractivity contribution >= 4 is 27.9 Å². The Morgan fingerprint density at radius 2 is 2.42 bits per heavy atom. The van der Waals surface area contributed by atoms with Crippen molar-refractivity contribution < 1.29 is 9.53 Å². The maximum atomic E-state index is 10.4. The fraction of sp³-hybridized carbons (Fsp3) is 0.125. The predicted octanol–water partition coefficient (Wildman–Crippen LogP) is 1.78. The van der Waals surface area contributed by atoms with Crippen LogP contribution in [-0.4, -0.2) is 12.5 Å². The Hall–Kier alpha value is -1.03. The average Bonchev–Trinajstić information content (AvgIpc) is 2.46. The van der Waals surface area contributed by atoms with Crippen LogP contribution in [0, 0.1) is 0 Å². The van der Waals surface area contributed by atoms with E-state index >= 15 is 0 Å². The zero-order chi connectivity index (χ0) is 8.55. The van der Waals surface area contributed by atoms with Crippen molar-refractivity contribution in [2.24, 2.45) is 0 Å². The van der Waals surface area contributed by atoms with Crippen LogP contribution in [0.1, 0.15) is 0 Å². The third-order valence-corrected chi connectivity index (χ3v) is 2.11. The lowest BCUT2D eigenvalue weighted by Gasteiger charge is -1.99. The van der Waals surface area contributed by atoms with Crippen molar-refractivity contribution in [3.8, 4) is 5.75 Å². The number of hydrogen-bond donors (Lipinski definition) is 1. The highest BCUT2D eigenvalue weighted by Gasteiger charge is 2.20. The van der Waals surface area contributed by atoms with E-state index in [4.69, 9.17) is 4.74 Å². The summed E-state index contributed by atoms with van der Waals surface area (Å²) >= 11 is 3.31. The fourth-order valence-corrected chi connectivity index (χ4v) is 1.43. The number of fused-ring (bicyclic) bond motifs is 1. The summed E-state index contributed by atoms with van der Waals surface area (Å²) in [5.74, 6) is 0.710. The van der Waals surface area contributed by atoms with Crippen molar-refractivity contribution in [2.45, 2.75) is 6.23 Å². The van der Waals surface area contributed by atoms with E-state index in [1.54, 1.807) is 0 Å². The highest BCUT2D eigenvalue weighted by Crippen LogP contribution is 2.33. The summed E-state index contributed by atoms with van der Waals surface area (Å²) in [4.78, 5) is 10.4. The fourth-order valence-electron chi connectivity index (χ4n) is 1.09. The molecular formula is C8H6BrNO2. The number of rotatable bonds is 1. The Labute approximate surface area is 77.8 Å². The normalized spacial score (nSPS) is 19.2. The van der Waals surface area contributed by atoms with Crippen molar-refractivity contribution in [1.82, 2.24) is 0 Å². The van der Waals surface area contributed by atoms with Crippen molar-refractivity contribution in [3.05, 3.63) is 22.7 Å². The largest absolute Gasteiger partial charge is 0.461 e. The number of aldehydes is 1. The first-order valence-corrected chi connectivity index (χ1v) is 4.27. The van der Waals surface area contributed by atoms with Gasteiger partial charge in [-0.15, -0.1) is 0 Å². The van der Waals surface area contributed by atoms with Gasteiger partial charge in [0.15, 0.2) is 6.29 Å². The minimum atomic E-state index is -0.533. The van der Waals surface area contributed by atoms with Crippen LogP contribution in [0.2, 0.25) is 0 Å². The van der Waals surface area contributed by atoms with Crippen LogP contribution in [0.15, 0.2) is 22.7 Å². The quantitative estimate of drug-likeness (QED) is 0.744. The molecular weight excluding hydrogens is 222 g/mol. The number of benzene rings is 1. The number of nitrogens with one attached hydrogen (secondary N) is 1. The average molecular weight is 228 g/mol. The molecule has 0 saturated heterocycles. The molecule has 62 valence electrons. The van der Waals surface area contributed by atoms with E-state index in [-0.39, 0.29) is 0 Å². The summed E-state index contributed by atoms with van der Waals surface area (Å²) < 4.78 is 6.17. The molecule has 2 rings (SSSR count). The van der Waals surface area contributed by atoms with Gasteiger partial charge in [0, 0.05) is 4.47 Å². The minimum Gasteiger partial charge on any atom is -0.461 e. The molecule has 1 aliphatic rings. The summed E-state index contributed by atoms with van der Waals surface area (Å²) in [5, 5.41) is 2.90. The molecule has 1 N–H and O–H groups in total. The van der Waals surface area contributed by atoms with Crippen molar-refractivity contribution in [1.29, 1.82) is 0 Å². The lowest BCUT2D eigenvalue weighted by atomic mass is 10.3. The molecule has 0 amide bonds. The molecule has 0 fully saturated rings. The molecule has 12 heavy (non-hydrogen) atoms. The van der Waals surface area contributed by atoms with Gasteiger partial charge in [-0.2, -0.15) is 0 Å². The Kier molecular flexibility index (Phi) is 1.77. The molecule has 1 aromatic rings. The smallest absolute Gasteiger partial charge is 0.226 e. The standard InChI is InChI=1S/C8H6BrNO2/c9-5-1-2-6-7(3-5)12-8(4-11)10-6/h1-4,8,10H. The minimum absolute atomic E-state index is 0.533. The molecule has 0 aliphatic carbocycles. The van der Waals surface area contributed by atoms with Gasteiger partial charge in [-0.25, -0.2) is 0 Å². The maximum Gasteiger partial charge on any atom is 0.226 e. The maximum absolute atomic E-state index is 10.4. The SMILES string of the molecule is O=CC1Nc2ccc(Br)cc2O1. The second-order valence-electron chi connectivity index (χ2n) is 2.46. The summed E-state index contributed by atoms with van der Waals surface area (Å²) in [6, 6.07) is 5.58. The van der Waals surface area contributed by atoms with Crippen LogP contribution >= 0.6 is 15.9 Å². The number of ether oxygens (including phenoxy) is 1. The molecule has 0 saturated carbocycles. The molecule has 1 aromatic carbocycles. The first-order valence-electron chi connectivity index (χ1n) is 3.47. The van der Waals surface area contributed by atoms with Crippen molar-refractivity contribution in [2.75, 3.05) is 5.32 Å². The predicted molar refractivity (Wildman–Crippen MR) is 48.2 cm³/mol. The monoisotopic (exact) mass is 227 g/mol. The zero-order valence-corrected chi connectivity index (χ0v) is 7.67. The highest BCUT2D eigenvalue weighted by molar-refractivity contribution is 9.10. The first kappa shape index (κ1) is 7.61. The Morgan fingerprint density at radius 1 is 1.58 bits per heavy atom. The Morgan fingerprint density at radius 3 is 3.17 bits per heavy atom. The van der Waals surface area contributed by atoms with Gasteiger partial charge >= 0.3 is 0 Å². The number of carbonyl (C=O) groups is 1. The van der Waals surface area contributed by atoms with Crippen molar-refractivity contribution in [3.63, 3.8) is 0 Å². The van der Waals surface area contributed by atoms with Crippen LogP contribution < -0.4 is 10.1 Å². The van der Waals surface area contributed by atoms with E-state index in [9.17, 15) is 4.79 Å². The third-order valence-electron chi connectivity index (χ3n) is 1.62. The summed E-state index contributed by atoms with van der Waals surface area (Å²) in [7, 11) is 0. The molecule has 3 nitrogen and oxygen atoms in total. The third kappa shape index (κ3) is 1.18. The second kappa shape index (κ2) is 2.79. The van der Waals surface area contributed by atoms with Gasteiger partial charge in [0.1, 0.15) is 5.75 Å². The van der Waals surface area contributed by atoms with Crippen LogP contribution in [0.3, 0.4) is 0 Å². The lowest BCUT2D eigenvalue weighted by molar-refractivity contribution is -0.112. The van der Waals surface area contributed by atoms with Gasteiger partial charge in [-0.1, -0.05) is 15.9 Å². The molecule has 0 aromatic heterocycles. The Bertz CT molecular complexity index is 327. The number of carbonyl (C=O) groups excluding carboxylic acids is 1. The van der Waals surface area contributed by atoms with E-state index in [0.717, 1.165) is 16.4 Å². The van der Waals surface area contributed by atoms with Gasteiger partial charge < -0.3 is 10.1 Å². The van der Waals surface area contributed by atoms with Gasteiger partial charge in [-0.05, 0) is 18.2 Å². The van der Waals surface area contributed by atoms with E-state index < -0.39 is 6.23 Å². The molecule has 0 spiro atoms. The summed E-state index contributed by atoms with van der Waals surface area (Å²) in [6.07, 6.45) is 0.197.